The maximum Gasteiger partial charge on any atom is 0.234 e. The number of carbonyl (C=O) groups is 2. The summed E-state index contributed by atoms with van der Waals surface area (Å²) in [6.07, 6.45) is 2.37. The highest BCUT2D eigenvalue weighted by molar-refractivity contribution is 5.78. The number of nitrogens with zero attached hydrogens (tertiary/aromatic N) is 1. The maximum absolute atomic E-state index is 12.0. The van der Waals surface area contributed by atoms with E-state index >= 15 is 0 Å². The van der Waals surface area contributed by atoms with Crippen LogP contribution in [0.15, 0.2) is 30.3 Å². The lowest BCUT2D eigenvalue weighted by Gasteiger charge is -2.32. The van der Waals surface area contributed by atoms with E-state index < -0.39 is 0 Å². The van der Waals surface area contributed by atoms with Crippen molar-refractivity contribution in [2.75, 3.05) is 32.8 Å². The molecule has 0 spiro atoms. The number of rotatable bonds is 8. The Hall–Kier alpha value is -2.08. The fourth-order valence-corrected chi connectivity index (χ4v) is 3.13. The first-order chi connectivity index (χ1) is 12.8. The third-order valence-corrected chi connectivity index (χ3v) is 4.52. The van der Waals surface area contributed by atoms with E-state index in [1.165, 1.54) is 0 Å². The smallest absolute Gasteiger partial charge is 0.234 e. The molecule has 1 aliphatic heterocycles. The van der Waals surface area contributed by atoms with Crippen LogP contribution in [0.5, 0.6) is 5.75 Å². The third kappa shape index (κ3) is 8.91. The molecule has 2 N–H and O–H groups in total. The number of piperidine rings is 1. The molecule has 6 nitrogen and oxygen atoms in total. The van der Waals surface area contributed by atoms with Gasteiger partial charge in [-0.2, -0.15) is 0 Å². The number of para-hydroxylation sites is 1. The van der Waals surface area contributed by atoms with Gasteiger partial charge in [0.25, 0.3) is 0 Å². The number of benzene rings is 1. The van der Waals surface area contributed by atoms with Crippen LogP contribution in [0.4, 0.5) is 0 Å². The number of amides is 2. The monoisotopic (exact) mass is 375 g/mol. The summed E-state index contributed by atoms with van der Waals surface area (Å²) < 4.78 is 5.55. The van der Waals surface area contributed by atoms with E-state index in [2.05, 4.69) is 15.5 Å². The average molecular weight is 376 g/mol. The molecule has 1 aromatic rings. The Morgan fingerprint density at radius 2 is 1.78 bits per heavy atom. The first-order valence-electron chi connectivity index (χ1n) is 9.80. The van der Waals surface area contributed by atoms with Crippen LogP contribution >= 0.6 is 0 Å². The lowest BCUT2D eigenvalue weighted by atomic mass is 9.96. The predicted molar refractivity (Wildman–Crippen MR) is 107 cm³/mol. The average Bonchev–Trinajstić information content (AvgIpc) is 2.60. The first kappa shape index (κ1) is 21.2. The van der Waals surface area contributed by atoms with E-state index in [4.69, 9.17) is 4.74 Å². The lowest BCUT2D eigenvalue weighted by molar-refractivity contribution is -0.124. The van der Waals surface area contributed by atoms with Crippen LogP contribution in [-0.2, 0) is 9.59 Å². The SMILES string of the molecule is CC(C)(C)NC(=O)CN1CCC(CNC(=O)CCOc2ccccc2)CC1. The second-order valence-electron chi connectivity index (χ2n) is 8.23. The minimum atomic E-state index is -0.191. The van der Waals surface area contributed by atoms with Gasteiger partial charge in [0, 0.05) is 12.1 Å². The van der Waals surface area contributed by atoms with Crippen LogP contribution < -0.4 is 15.4 Å². The molecule has 0 saturated carbocycles. The minimum Gasteiger partial charge on any atom is -0.493 e. The van der Waals surface area contributed by atoms with E-state index in [1.807, 2.05) is 51.1 Å². The zero-order chi connectivity index (χ0) is 19.7. The molecule has 0 radical (unpaired) electrons. The van der Waals surface area contributed by atoms with E-state index in [1.54, 1.807) is 0 Å². The molecule has 6 heteroatoms. The molecular weight excluding hydrogens is 342 g/mol. The normalized spacial score (nSPS) is 16.0. The van der Waals surface area contributed by atoms with E-state index in [9.17, 15) is 9.59 Å². The van der Waals surface area contributed by atoms with E-state index in [0.717, 1.165) is 31.7 Å². The Morgan fingerprint density at radius 3 is 2.41 bits per heavy atom. The Morgan fingerprint density at radius 1 is 1.11 bits per heavy atom. The van der Waals surface area contributed by atoms with E-state index in [0.29, 0.717) is 32.0 Å². The number of carbonyl (C=O) groups excluding carboxylic acids is 2. The van der Waals surface area contributed by atoms with Gasteiger partial charge in [0.05, 0.1) is 19.6 Å². The number of nitrogens with one attached hydrogen (secondary N) is 2. The van der Waals surface area contributed by atoms with Crippen molar-refractivity contribution in [1.82, 2.24) is 15.5 Å². The van der Waals surface area contributed by atoms with Crippen LogP contribution in [0.1, 0.15) is 40.0 Å². The van der Waals surface area contributed by atoms with Crippen LogP contribution in [-0.4, -0.2) is 55.0 Å². The molecule has 0 aliphatic carbocycles. The molecule has 0 atom stereocenters. The molecule has 2 rings (SSSR count). The summed E-state index contributed by atoms with van der Waals surface area (Å²) in [6.45, 7) is 9.31. The van der Waals surface area contributed by atoms with Gasteiger partial charge in [-0.25, -0.2) is 0 Å². The van der Waals surface area contributed by atoms with Crippen LogP contribution in [0.2, 0.25) is 0 Å². The molecule has 1 heterocycles. The third-order valence-electron chi connectivity index (χ3n) is 4.52. The van der Waals surface area contributed by atoms with Crippen LogP contribution in [0.3, 0.4) is 0 Å². The summed E-state index contributed by atoms with van der Waals surface area (Å²) in [5, 5.41) is 6.01. The Kier molecular flexibility index (Phi) is 8.10. The molecule has 0 bridgehead atoms. The van der Waals surface area contributed by atoms with Gasteiger partial charge in [0.15, 0.2) is 0 Å². The number of likely N-dealkylation sites (tertiary alicyclic amines) is 1. The molecular formula is C21H33N3O3. The molecule has 0 aromatic heterocycles. The quantitative estimate of drug-likeness (QED) is 0.731. The van der Waals surface area contributed by atoms with Crippen molar-refractivity contribution >= 4 is 11.8 Å². The standard InChI is InChI=1S/C21H33N3O3/c1-21(2,3)23-20(26)16-24-12-9-17(10-13-24)15-22-19(25)11-14-27-18-7-5-4-6-8-18/h4-8,17H,9-16H2,1-3H3,(H,22,25)(H,23,26). The molecule has 1 fully saturated rings. The van der Waals surface area contributed by atoms with Crippen molar-refractivity contribution in [2.45, 2.75) is 45.6 Å². The fourth-order valence-electron chi connectivity index (χ4n) is 3.13. The van der Waals surface area contributed by atoms with Crippen LogP contribution in [0.25, 0.3) is 0 Å². The number of ether oxygens (including phenoxy) is 1. The summed E-state index contributed by atoms with van der Waals surface area (Å²) in [5.74, 6) is 1.37. The van der Waals surface area contributed by atoms with Crippen LogP contribution in [0, 0.1) is 5.92 Å². The zero-order valence-electron chi connectivity index (χ0n) is 16.8. The highest BCUT2D eigenvalue weighted by Crippen LogP contribution is 2.16. The van der Waals surface area contributed by atoms with Gasteiger partial charge in [0.1, 0.15) is 5.75 Å². The van der Waals surface area contributed by atoms with Gasteiger partial charge in [0.2, 0.25) is 11.8 Å². The van der Waals surface area contributed by atoms with Crippen molar-refractivity contribution in [2.24, 2.45) is 5.92 Å². The maximum atomic E-state index is 12.0. The minimum absolute atomic E-state index is 0.0258. The Bertz CT molecular complexity index is 590. The molecule has 0 unspecified atom stereocenters. The highest BCUT2D eigenvalue weighted by atomic mass is 16.5. The molecule has 1 aromatic carbocycles. The molecule has 27 heavy (non-hydrogen) atoms. The Labute approximate surface area is 162 Å². The van der Waals surface area contributed by atoms with Gasteiger partial charge >= 0.3 is 0 Å². The predicted octanol–water partition coefficient (Wildman–Crippen LogP) is 2.20. The molecule has 2 amide bonds. The Balaban J connectivity index is 1.56. The van der Waals surface area contributed by atoms with Gasteiger partial charge < -0.3 is 15.4 Å². The number of hydrogen-bond donors (Lipinski definition) is 2. The zero-order valence-corrected chi connectivity index (χ0v) is 16.8. The first-order valence-corrected chi connectivity index (χ1v) is 9.80. The summed E-state index contributed by atoms with van der Waals surface area (Å²) in [7, 11) is 0. The van der Waals surface area contributed by atoms with Crippen molar-refractivity contribution in [1.29, 1.82) is 0 Å². The highest BCUT2D eigenvalue weighted by Gasteiger charge is 2.22. The number of hydrogen-bond acceptors (Lipinski definition) is 4. The van der Waals surface area contributed by atoms with E-state index in [-0.39, 0.29) is 17.4 Å². The second kappa shape index (κ2) is 10.3. The van der Waals surface area contributed by atoms with Crippen molar-refractivity contribution in [3.8, 4) is 5.75 Å². The van der Waals surface area contributed by atoms with Gasteiger partial charge in [-0.05, 0) is 64.8 Å². The lowest BCUT2D eigenvalue weighted by Crippen LogP contribution is -2.48. The molecule has 1 saturated heterocycles. The van der Waals surface area contributed by atoms with Crippen molar-refractivity contribution < 1.29 is 14.3 Å². The molecule has 150 valence electrons. The van der Waals surface area contributed by atoms with Crippen molar-refractivity contribution in [3.05, 3.63) is 30.3 Å². The summed E-state index contributed by atoms with van der Waals surface area (Å²) >= 11 is 0. The summed E-state index contributed by atoms with van der Waals surface area (Å²) in [6, 6.07) is 9.52. The largest absolute Gasteiger partial charge is 0.493 e. The topological polar surface area (TPSA) is 70.7 Å². The fraction of sp³-hybridized carbons (Fsp3) is 0.619. The van der Waals surface area contributed by atoms with Gasteiger partial charge in [-0.15, -0.1) is 0 Å². The van der Waals surface area contributed by atoms with Crippen molar-refractivity contribution in [3.63, 3.8) is 0 Å². The van der Waals surface area contributed by atoms with Gasteiger partial charge in [-0.1, -0.05) is 18.2 Å². The van der Waals surface area contributed by atoms with Gasteiger partial charge in [-0.3, -0.25) is 14.5 Å². The summed E-state index contributed by atoms with van der Waals surface area (Å²) in [4.78, 5) is 26.2. The summed E-state index contributed by atoms with van der Waals surface area (Å²) in [5.41, 5.74) is -0.191. The second-order valence-corrected chi connectivity index (χ2v) is 8.23. The molecule has 1 aliphatic rings.